The first-order chi connectivity index (χ1) is 13.0. The maximum atomic E-state index is 12.9. The van der Waals surface area contributed by atoms with Gasteiger partial charge in [0.15, 0.2) is 0 Å². The molecule has 2 amide bonds. The predicted molar refractivity (Wildman–Crippen MR) is 97.5 cm³/mol. The molecule has 3 atom stereocenters. The number of likely N-dealkylation sites (tertiary alicyclic amines) is 1. The number of piperidine rings is 1. The maximum absolute atomic E-state index is 12.9. The van der Waals surface area contributed by atoms with Crippen LogP contribution in [0.3, 0.4) is 0 Å². The smallest absolute Gasteiger partial charge is 0.225 e. The molecule has 0 aromatic carbocycles. The average Bonchev–Trinajstić information content (AvgIpc) is 3.13. The highest BCUT2D eigenvalue weighted by molar-refractivity contribution is 5.82. The molecule has 0 radical (unpaired) electrons. The minimum Gasteiger partial charge on any atom is -0.389 e. The van der Waals surface area contributed by atoms with Gasteiger partial charge in [0.2, 0.25) is 11.8 Å². The largest absolute Gasteiger partial charge is 0.389 e. The fourth-order valence-corrected chi connectivity index (χ4v) is 4.39. The van der Waals surface area contributed by atoms with Crippen LogP contribution in [0, 0.1) is 5.92 Å². The van der Waals surface area contributed by atoms with E-state index >= 15 is 0 Å². The van der Waals surface area contributed by atoms with Crippen molar-refractivity contribution in [3.8, 4) is 0 Å². The van der Waals surface area contributed by atoms with Crippen LogP contribution in [0.2, 0.25) is 0 Å². The topological polar surface area (TPSA) is 91.8 Å². The van der Waals surface area contributed by atoms with E-state index in [4.69, 9.17) is 4.74 Å². The molecule has 0 spiro atoms. The van der Waals surface area contributed by atoms with E-state index < -0.39 is 5.60 Å². The highest BCUT2D eigenvalue weighted by Gasteiger charge is 2.46. The molecular formula is C20H27N3O4. The van der Waals surface area contributed by atoms with Gasteiger partial charge in [0.1, 0.15) is 0 Å². The number of nitrogens with one attached hydrogen (secondary N) is 1. The molecule has 3 fully saturated rings. The Bertz CT molecular complexity index is 692. The fraction of sp³-hybridized carbons (Fsp3) is 0.650. The number of amides is 2. The number of fused-ring (bicyclic) bond motifs is 1. The fourth-order valence-electron chi connectivity index (χ4n) is 4.39. The van der Waals surface area contributed by atoms with E-state index in [-0.39, 0.29) is 36.3 Å². The van der Waals surface area contributed by atoms with Crippen LogP contribution in [0.4, 0.5) is 0 Å². The number of ether oxygens (including phenoxy) is 1. The number of aromatic nitrogens is 1. The minimum atomic E-state index is -0.847. The minimum absolute atomic E-state index is 0.0287. The van der Waals surface area contributed by atoms with Crippen LogP contribution >= 0.6 is 0 Å². The molecule has 1 aromatic rings. The molecular weight excluding hydrogens is 346 g/mol. The second-order valence-electron chi connectivity index (χ2n) is 8.04. The van der Waals surface area contributed by atoms with Crippen LogP contribution < -0.4 is 5.32 Å². The lowest BCUT2D eigenvalue weighted by atomic mass is 9.77. The van der Waals surface area contributed by atoms with Gasteiger partial charge in [-0.2, -0.15) is 0 Å². The quantitative estimate of drug-likeness (QED) is 0.804. The SMILES string of the molecule is O=C(NCc1ccccn1)[C@@H]1C[C@H]2OCC[C@H]2N(C(=O)CC2(O)CCC2)C1. The molecule has 1 saturated carbocycles. The summed E-state index contributed by atoms with van der Waals surface area (Å²) in [5, 5.41) is 13.3. The molecule has 1 aliphatic carbocycles. The van der Waals surface area contributed by atoms with Gasteiger partial charge in [-0.25, -0.2) is 0 Å². The second-order valence-corrected chi connectivity index (χ2v) is 8.04. The molecule has 7 heteroatoms. The van der Waals surface area contributed by atoms with Gasteiger partial charge in [-0.1, -0.05) is 6.07 Å². The summed E-state index contributed by atoms with van der Waals surface area (Å²) in [4.78, 5) is 31.6. The summed E-state index contributed by atoms with van der Waals surface area (Å²) in [6.45, 7) is 1.39. The van der Waals surface area contributed by atoms with Crippen LogP contribution in [0.15, 0.2) is 24.4 Å². The van der Waals surface area contributed by atoms with E-state index in [1.807, 2.05) is 18.2 Å². The summed E-state index contributed by atoms with van der Waals surface area (Å²) < 4.78 is 5.80. The summed E-state index contributed by atoms with van der Waals surface area (Å²) in [6.07, 6.45) is 5.53. The van der Waals surface area contributed by atoms with Crippen LogP contribution in [-0.4, -0.2) is 57.7 Å². The number of rotatable bonds is 5. The Labute approximate surface area is 159 Å². The van der Waals surface area contributed by atoms with Crippen molar-refractivity contribution in [1.82, 2.24) is 15.2 Å². The molecule has 2 aliphatic heterocycles. The zero-order valence-corrected chi connectivity index (χ0v) is 15.5. The lowest BCUT2D eigenvalue weighted by Crippen LogP contribution is -2.56. The molecule has 7 nitrogen and oxygen atoms in total. The Balaban J connectivity index is 1.39. The van der Waals surface area contributed by atoms with Gasteiger partial charge in [-0.05, 0) is 44.2 Å². The molecule has 3 aliphatic rings. The normalized spacial score (nSPS) is 28.9. The summed E-state index contributed by atoms with van der Waals surface area (Å²) in [5.41, 5.74) is -0.0444. The number of nitrogens with zero attached hydrogens (tertiary/aromatic N) is 2. The lowest BCUT2D eigenvalue weighted by molar-refractivity contribution is -0.149. The van der Waals surface area contributed by atoms with E-state index in [1.165, 1.54) is 0 Å². The van der Waals surface area contributed by atoms with Gasteiger partial charge in [0, 0.05) is 19.3 Å². The first kappa shape index (κ1) is 18.4. The molecule has 27 heavy (non-hydrogen) atoms. The third-order valence-electron chi connectivity index (χ3n) is 6.13. The van der Waals surface area contributed by atoms with E-state index in [9.17, 15) is 14.7 Å². The van der Waals surface area contributed by atoms with Crippen molar-refractivity contribution in [3.63, 3.8) is 0 Å². The van der Waals surface area contributed by atoms with Gasteiger partial charge in [-0.15, -0.1) is 0 Å². The molecule has 4 rings (SSSR count). The zero-order chi connectivity index (χ0) is 18.9. The highest BCUT2D eigenvalue weighted by Crippen LogP contribution is 2.37. The van der Waals surface area contributed by atoms with E-state index in [0.717, 1.165) is 18.5 Å². The number of carbonyl (C=O) groups excluding carboxylic acids is 2. The summed E-state index contributed by atoms with van der Waals surface area (Å²) in [5.74, 6) is -0.428. The Morgan fingerprint density at radius 2 is 2.22 bits per heavy atom. The maximum Gasteiger partial charge on any atom is 0.225 e. The van der Waals surface area contributed by atoms with Crippen molar-refractivity contribution in [2.45, 2.75) is 62.8 Å². The summed E-state index contributed by atoms with van der Waals surface area (Å²) in [6, 6.07) is 5.62. The highest BCUT2D eigenvalue weighted by atomic mass is 16.5. The van der Waals surface area contributed by atoms with Crippen molar-refractivity contribution < 1.29 is 19.4 Å². The van der Waals surface area contributed by atoms with Crippen molar-refractivity contribution in [3.05, 3.63) is 30.1 Å². The molecule has 1 aromatic heterocycles. The zero-order valence-electron chi connectivity index (χ0n) is 15.5. The van der Waals surface area contributed by atoms with Crippen LogP contribution in [0.1, 0.15) is 44.2 Å². The number of pyridine rings is 1. The van der Waals surface area contributed by atoms with Crippen molar-refractivity contribution in [2.75, 3.05) is 13.2 Å². The van der Waals surface area contributed by atoms with Crippen LogP contribution in [0.25, 0.3) is 0 Å². The van der Waals surface area contributed by atoms with E-state index in [0.29, 0.717) is 39.0 Å². The Kier molecular flexibility index (Phi) is 5.14. The molecule has 2 saturated heterocycles. The first-order valence-electron chi connectivity index (χ1n) is 9.85. The Morgan fingerprint density at radius 1 is 1.37 bits per heavy atom. The third kappa shape index (κ3) is 3.99. The molecule has 146 valence electrons. The predicted octanol–water partition coefficient (Wildman–Crippen LogP) is 1.01. The van der Waals surface area contributed by atoms with E-state index in [2.05, 4.69) is 10.3 Å². The molecule has 0 unspecified atom stereocenters. The second kappa shape index (κ2) is 7.56. The Morgan fingerprint density at radius 3 is 2.93 bits per heavy atom. The van der Waals surface area contributed by atoms with Crippen molar-refractivity contribution in [1.29, 1.82) is 0 Å². The molecule has 2 N–H and O–H groups in total. The first-order valence-corrected chi connectivity index (χ1v) is 9.85. The monoisotopic (exact) mass is 373 g/mol. The van der Waals surface area contributed by atoms with Crippen molar-refractivity contribution >= 4 is 11.8 Å². The van der Waals surface area contributed by atoms with E-state index in [1.54, 1.807) is 11.1 Å². The average molecular weight is 373 g/mol. The summed E-state index contributed by atoms with van der Waals surface area (Å²) in [7, 11) is 0. The lowest BCUT2D eigenvalue weighted by Gasteiger charge is -2.43. The van der Waals surface area contributed by atoms with Gasteiger partial charge >= 0.3 is 0 Å². The van der Waals surface area contributed by atoms with Gasteiger partial charge in [-0.3, -0.25) is 14.6 Å². The van der Waals surface area contributed by atoms with Gasteiger partial charge < -0.3 is 20.1 Å². The summed E-state index contributed by atoms with van der Waals surface area (Å²) >= 11 is 0. The number of carbonyl (C=O) groups is 2. The molecule has 0 bridgehead atoms. The number of hydrogen-bond donors (Lipinski definition) is 2. The third-order valence-corrected chi connectivity index (χ3v) is 6.13. The number of hydrogen-bond acceptors (Lipinski definition) is 5. The van der Waals surface area contributed by atoms with Gasteiger partial charge in [0.05, 0.1) is 42.3 Å². The standard InChI is InChI=1S/C20H27N3O4/c24-18(11-20(26)6-3-7-20)23-13-14(10-17-16(23)5-9-27-17)19(25)22-12-15-4-1-2-8-21-15/h1-2,4,8,14,16-17,26H,3,5-7,9-13H2,(H,22,25)/t14-,16-,17-/m1/s1. The van der Waals surface area contributed by atoms with Gasteiger partial charge in [0.25, 0.3) is 0 Å². The van der Waals surface area contributed by atoms with Crippen LogP contribution in [0.5, 0.6) is 0 Å². The van der Waals surface area contributed by atoms with Crippen molar-refractivity contribution in [2.24, 2.45) is 5.92 Å². The molecule has 3 heterocycles. The Hall–Kier alpha value is -1.99. The van der Waals surface area contributed by atoms with Crippen LogP contribution in [-0.2, 0) is 20.9 Å². The number of aliphatic hydroxyl groups is 1.